The summed E-state index contributed by atoms with van der Waals surface area (Å²) in [7, 11) is 0. The van der Waals surface area contributed by atoms with Gasteiger partial charge in [0.05, 0.1) is 12.2 Å². The molecular formula is C19H26N4. The monoisotopic (exact) mass is 310 g/mol. The number of rotatable bonds is 6. The zero-order valence-electron chi connectivity index (χ0n) is 14.3. The molecule has 1 aromatic carbocycles. The Kier molecular flexibility index (Phi) is 6.60. The highest BCUT2D eigenvalue weighted by molar-refractivity contribution is 5.79. The van der Waals surface area contributed by atoms with Crippen molar-refractivity contribution in [3.05, 3.63) is 65.0 Å². The van der Waals surface area contributed by atoms with Crippen LogP contribution < -0.4 is 10.6 Å². The van der Waals surface area contributed by atoms with Gasteiger partial charge in [-0.25, -0.2) is 4.99 Å². The van der Waals surface area contributed by atoms with Gasteiger partial charge in [0.15, 0.2) is 5.96 Å². The molecule has 0 bridgehead atoms. The third-order valence-electron chi connectivity index (χ3n) is 3.46. The second-order valence-corrected chi connectivity index (χ2v) is 5.69. The first-order valence-electron chi connectivity index (χ1n) is 8.16. The van der Waals surface area contributed by atoms with E-state index >= 15 is 0 Å². The van der Waals surface area contributed by atoms with Crippen LogP contribution in [0.1, 0.15) is 29.3 Å². The molecule has 0 saturated heterocycles. The Morgan fingerprint density at radius 3 is 2.52 bits per heavy atom. The summed E-state index contributed by atoms with van der Waals surface area (Å²) in [4.78, 5) is 8.88. The van der Waals surface area contributed by atoms with Gasteiger partial charge in [0.2, 0.25) is 0 Å². The number of hydrogen-bond acceptors (Lipinski definition) is 2. The molecule has 0 aliphatic heterocycles. The molecule has 0 amide bonds. The van der Waals surface area contributed by atoms with E-state index in [1.165, 1.54) is 16.7 Å². The summed E-state index contributed by atoms with van der Waals surface area (Å²) in [6.07, 6.45) is 2.78. The highest BCUT2D eigenvalue weighted by atomic mass is 15.2. The SMILES string of the molecule is CCNC(=NCc1ccccn1)NCCc1cc(C)cc(C)c1. The normalized spacial score (nSPS) is 11.3. The van der Waals surface area contributed by atoms with Crippen LogP contribution in [0.2, 0.25) is 0 Å². The van der Waals surface area contributed by atoms with Crippen LogP contribution in [0.3, 0.4) is 0 Å². The van der Waals surface area contributed by atoms with Gasteiger partial charge in [0, 0.05) is 19.3 Å². The Labute approximate surface area is 139 Å². The van der Waals surface area contributed by atoms with Crippen LogP contribution in [0.4, 0.5) is 0 Å². The Bertz CT molecular complexity index is 615. The number of nitrogens with zero attached hydrogens (tertiary/aromatic N) is 2. The Morgan fingerprint density at radius 2 is 1.87 bits per heavy atom. The van der Waals surface area contributed by atoms with Gasteiger partial charge in [-0.1, -0.05) is 35.4 Å². The van der Waals surface area contributed by atoms with Crippen LogP contribution in [0.15, 0.2) is 47.6 Å². The first kappa shape index (κ1) is 17.0. The molecule has 1 aromatic heterocycles. The number of aliphatic imine (C=N–C) groups is 1. The topological polar surface area (TPSA) is 49.3 Å². The summed E-state index contributed by atoms with van der Waals surface area (Å²) in [6, 6.07) is 12.6. The van der Waals surface area contributed by atoms with E-state index in [0.29, 0.717) is 6.54 Å². The number of hydrogen-bond donors (Lipinski definition) is 2. The lowest BCUT2D eigenvalue weighted by Gasteiger charge is -2.12. The highest BCUT2D eigenvalue weighted by Crippen LogP contribution is 2.08. The summed E-state index contributed by atoms with van der Waals surface area (Å²) in [5.41, 5.74) is 4.96. The van der Waals surface area contributed by atoms with Crippen LogP contribution in [-0.2, 0) is 13.0 Å². The van der Waals surface area contributed by atoms with Gasteiger partial charge in [-0.05, 0) is 44.9 Å². The molecule has 0 aliphatic carbocycles. The summed E-state index contributed by atoms with van der Waals surface area (Å²) in [5.74, 6) is 0.836. The molecule has 0 radical (unpaired) electrons. The molecular weight excluding hydrogens is 284 g/mol. The molecule has 4 heteroatoms. The van der Waals surface area contributed by atoms with E-state index in [4.69, 9.17) is 0 Å². The number of aryl methyl sites for hydroxylation is 2. The molecule has 2 N–H and O–H groups in total. The first-order valence-corrected chi connectivity index (χ1v) is 8.16. The smallest absolute Gasteiger partial charge is 0.191 e. The summed E-state index contributed by atoms with van der Waals surface area (Å²) in [6.45, 7) is 8.64. The molecule has 23 heavy (non-hydrogen) atoms. The van der Waals surface area contributed by atoms with Gasteiger partial charge in [0.1, 0.15) is 0 Å². The van der Waals surface area contributed by atoms with E-state index in [-0.39, 0.29) is 0 Å². The minimum Gasteiger partial charge on any atom is -0.357 e. The van der Waals surface area contributed by atoms with Crippen molar-refractivity contribution in [1.29, 1.82) is 0 Å². The van der Waals surface area contributed by atoms with Crippen molar-refractivity contribution in [2.45, 2.75) is 33.7 Å². The maximum absolute atomic E-state index is 4.58. The van der Waals surface area contributed by atoms with E-state index in [1.54, 1.807) is 6.20 Å². The van der Waals surface area contributed by atoms with Crippen molar-refractivity contribution in [2.24, 2.45) is 4.99 Å². The number of guanidine groups is 1. The molecule has 0 aliphatic rings. The number of aromatic nitrogens is 1. The van der Waals surface area contributed by atoms with Crippen molar-refractivity contribution in [3.8, 4) is 0 Å². The second-order valence-electron chi connectivity index (χ2n) is 5.69. The predicted octanol–water partition coefficient (Wildman–Crippen LogP) is 3.00. The quantitative estimate of drug-likeness (QED) is 0.637. The van der Waals surface area contributed by atoms with Crippen molar-refractivity contribution in [2.75, 3.05) is 13.1 Å². The summed E-state index contributed by atoms with van der Waals surface area (Å²) < 4.78 is 0. The lowest BCUT2D eigenvalue weighted by atomic mass is 10.1. The molecule has 122 valence electrons. The van der Waals surface area contributed by atoms with Gasteiger partial charge in [0.25, 0.3) is 0 Å². The van der Waals surface area contributed by atoms with Crippen molar-refractivity contribution in [3.63, 3.8) is 0 Å². The molecule has 0 spiro atoms. The summed E-state index contributed by atoms with van der Waals surface area (Å²) in [5, 5.41) is 6.66. The van der Waals surface area contributed by atoms with Crippen LogP contribution in [0, 0.1) is 13.8 Å². The molecule has 4 nitrogen and oxygen atoms in total. The van der Waals surface area contributed by atoms with E-state index in [9.17, 15) is 0 Å². The van der Waals surface area contributed by atoms with Gasteiger partial charge < -0.3 is 10.6 Å². The van der Waals surface area contributed by atoms with Crippen LogP contribution in [0.25, 0.3) is 0 Å². The predicted molar refractivity (Wildman–Crippen MR) is 96.7 cm³/mol. The van der Waals surface area contributed by atoms with Crippen molar-refractivity contribution in [1.82, 2.24) is 15.6 Å². The Balaban J connectivity index is 1.89. The average molecular weight is 310 g/mol. The molecule has 0 atom stereocenters. The summed E-state index contributed by atoms with van der Waals surface area (Å²) >= 11 is 0. The van der Waals surface area contributed by atoms with Crippen LogP contribution in [0.5, 0.6) is 0 Å². The maximum atomic E-state index is 4.58. The Hall–Kier alpha value is -2.36. The largest absolute Gasteiger partial charge is 0.357 e. The number of pyridine rings is 1. The van der Waals surface area contributed by atoms with Gasteiger partial charge in [-0.15, -0.1) is 0 Å². The fraction of sp³-hybridized carbons (Fsp3) is 0.368. The fourth-order valence-corrected chi connectivity index (χ4v) is 2.53. The van der Waals surface area contributed by atoms with Crippen LogP contribution in [-0.4, -0.2) is 24.0 Å². The molecule has 2 rings (SSSR count). The second kappa shape index (κ2) is 8.93. The average Bonchev–Trinajstić information content (AvgIpc) is 2.53. The molecule has 1 heterocycles. The van der Waals surface area contributed by atoms with E-state index < -0.39 is 0 Å². The molecule has 2 aromatic rings. The minimum absolute atomic E-state index is 0.583. The van der Waals surface area contributed by atoms with E-state index in [0.717, 1.165) is 31.2 Å². The number of nitrogens with one attached hydrogen (secondary N) is 2. The van der Waals surface area contributed by atoms with Crippen molar-refractivity contribution >= 4 is 5.96 Å². The molecule has 0 saturated carbocycles. The van der Waals surface area contributed by atoms with Gasteiger partial charge in [-0.2, -0.15) is 0 Å². The van der Waals surface area contributed by atoms with E-state index in [1.807, 2.05) is 18.2 Å². The third kappa shape index (κ3) is 6.10. The lowest BCUT2D eigenvalue weighted by molar-refractivity contribution is 0.796. The highest BCUT2D eigenvalue weighted by Gasteiger charge is 2.00. The van der Waals surface area contributed by atoms with Gasteiger partial charge in [-0.3, -0.25) is 4.98 Å². The van der Waals surface area contributed by atoms with Crippen molar-refractivity contribution < 1.29 is 0 Å². The van der Waals surface area contributed by atoms with Gasteiger partial charge >= 0.3 is 0 Å². The molecule has 0 unspecified atom stereocenters. The van der Waals surface area contributed by atoms with E-state index in [2.05, 4.69) is 59.6 Å². The zero-order valence-corrected chi connectivity index (χ0v) is 14.3. The fourth-order valence-electron chi connectivity index (χ4n) is 2.53. The minimum atomic E-state index is 0.583. The maximum Gasteiger partial charge on any atom is 0.191 e. The standard InChI is InChI=1S/C19H26N4/c1-4-20-19(23-14-18-7-5-6-9-21-18)22-10-8-17-12-15(2)11-16(3)13-17/h5-7,9,11-13H,4,8,10,14H2,1-3H3,(H2,20,22,23). The first-order chi connectivity index (χ1) is 11.2. The Morgan fingerprint density at radius 1 is 1.09 bits per heavy atom. The number of benzene rings is 1. The third-order valence-corrected chi connectivity index (χ3v) is 3.46. The van der Waals surface area contributed by atoms with Crippen LogP contribution >= 0.6 is 0 Å². The lowest BCUT2D eigenvalue weighted by Crippen LogP contribution is -2.38. The molecule has 0 fully saturated rings. The zero-order chi connectivity index (χ0) is 16.5.